The number of hydrogen-bond acceptors (Lipinski definition) is 0. The summed E-state index contributed by atoms with van der Waals surface area (Å²) in [5.74, 6) is 0.847. The summed E-state index contributed by atoms with van der Waals surface area (Å²) >= 11 is 5.70. The Hall–Kier alpha value is 0.290. The molecule has 0 N–H and O–H groups in total. The highest BCUT2D eigenvalue weighted by atomic mass is 35.5. The molecule has 0 heterocycles. The first-order valence-corrected chi connectivity index (χ1v) is 14.0. The van der Waals surface area contributed by atoms with E-state index in [-0.39, 0.29) is 0 Å². The largest absolute Gasteiger partial charge is 0.127 e. The van der Waals surface area contributed by atoms with Crippen molar-refractivity contribution in [2.45, 2.75) is 167 Å². The van der Waals surface area contributed by atoms with Gasteiger partial charge in [-0.3, -0.25) is 0 Å². The third-order valence-corrected chi connectivity index (χ3v) is 6.50. The molecule has 0 rings (SSSR count). The second kappa shape index (κ2) is 27.3. The van der Waals surface area contributed by atoms with Gasteiger partial charge in [-0.25, -0.2) is 0 Å². The van der Waals surface area contributed by atoms with Gasteiger partial charge in [-0.15, -0.1) is 11.6 Å². The van der Waals surface area contributed by atoms with Crippen LogP contribution >= 0.6 is 11.6 Å². The van der Waals surface area contributed by atoms with Gasteiger partial charge >= 0.3 is 0 Å². The summed E-state index contributed by atoms with van der Waals surface area (Å²) in [5, 5.41) is 0. The SMILES string of the molecule is CCCCCCCCCCCCCCCCCCCCCCCCCCCCl. The van der Waals surface area contributed by atoms with Gasteiger partial charge in [-0.05, 0) is 6.42 Å². The van der Waals surface area contributed by atoms with E-state index < -0.39 is 0 Å². The van der Waals surface area contributed by atoms with Gasteiger partial charge in [0.15, 0.2) is 0 Å². The van der Waals surface area contributed by atoms with Crippen molar-refractivity contribution in [2.75, 3.05) is 5.88 Å². The third-order valence-electron chi connectivity index (χ3n) is 6.24. The summed E-state index contributed by atoms with van der Waals surface area (Å²) < 4.78 is 0. The molecule has 1 heteroatoms. The molecular formula is C27H55Cl. The summed E-state index contributed by atoms with van der Waals surface area (Å²) in [4.78, 5) is 0. The highest BCUT2D eigenvalue weighted by molar-refractivity contribution is 6.17. The molecule has 0 spiro atoms. The molecule has 0 aromatic carbocycles. The smallest absolute Gasteiger partial charge is 0.0223 e. The Bertz CT molecular complexity index is 225. The van der Waals surface area contributed by atoms with Crippen LogP contribution in [0.5, 0.6) is 0 Å². The molecule has 0 aliphatic rings. The second-order valence-electron chi connectivity index (χ2n) is 9.17. The maximum Gasteiger partial charge on any atom is 0.0223 e. The van der Waals surface area contributed by atoms with Crippen LogP contribution in [-0.2, 0) is 0 Å². The van der Waals surface area contributed by atoms with Crippen LogP contribution in [0.4, 0.5) is 0 Å². The predicted molar refractivity (Wildman–Crippen MR) is 132 cm³/mol. The molecule has 0 saturated carbocycles. The van der Waals surface area contributed by atoms with Crippen molar-refractivity contribution in [2.24, 2.45) is 0 Å². The predicted octanol–water partition coefficient (Wildman–Crippen LogP) is 11.0. The maximum atomic E-state index is 5.70. The van der Waals surface area contributed by atoms with Crippen LogP contribution in [0.25, 0.3) is 0 Å². The highest BCUT2D eigenvalue weighted by Gasteiger charge is 1.96. The van der Waals surface area contributed by atoms with Crippen molar-refractivity contribution in [3.8, 4) is 0 Å². The molecule has 0 aliphatic carbocycles. The van der Waals surface area contributed by atoms with E-state index in [1.807, 2.05) is 0 Å². The van der Waals surface area contributed by atoms with Gasteiger partial charge < -0.3 is 0 Å². The average Bonchev–Trinajstić information content (AvgIpc) is 2.71. The van der Waals surface area contributed by atoms with Crippen molar-refractivity contribution in [3.63, 3.8) is 0 Å². The summed E-state index contributed by atoms with van der Waals surface area (Å²) in [6, 6.07) is 0. The lowest BCUT2D eigenvalue weighted by atomic mass is 10.0. The standard InChI is InChI=1S/C27H55Cl/c1-2-3-4-5-6-7-8-9-10-11-12-13-14-15-16-17-18-19-20-21-22-23-24-25-26-27-28/h2-27H2,1H3. The number of unbranched alkanes of at least 4 members (excludes halogenated alkanes) is 24. The van der Waals surface area contributed by atoms with Gasteiger partial charge in [-0.1, -0.05) is 161 Å². The van der Waals surface area contributed by atoms with Crippen molar-refractivity contribution < 1.29 is 0 Å². The van der Waals surface area contributed by atoms with E-state index in [2.05, 4.69) is 6.92 Å². The molecule has 0 amide bonds. The monoisotopic (exact) mass is 414 g/mol. The minimum Gasteiger partial charge on any atom is -0.127 e. The van der Waals surface area contributed by atoms with Crippen molar-refractivity contribution >= 4 is 11.6 Å². The van der Waals surface area contributed by atoms with Crippen LogP contribution in [-0.4, -0.2) is 5.88 Å². The minimum absolute atomic E-state index is 0.847. The first kappa shape index (κ1) is 28.3. The number of hydrogen-bond donors (Lipinski definition) is 0. The highest BCUT2D eigenvalue weighted by Crippen LogP contribution is 2.15. The molecule has 0 aromatic heterocycles. The zero-order chi connectivity index (χ0) is 20.4. The molecule has 0 unspecified atom stereocenters. The number of rotatable bonds is 25. The van der Waals surface area contributed by atoms with Crippen LogP contribution in [0.3, 0.4) is 0 Å². The van der Waals surface area contributed by atoms with Gasteiger partial charge in [0, 0.05) is 5.88 Å². The van der Waals surface area contributed by atoms with Gasteiger partial charge in [0.1, 0.15) is 0 Å². The fourth-order valence-electron chi connectivity index (χ4n) is 4.23. The minimum atomic E-state index is 0.847. The van der Waals surface area contributed by atoms with E-state index in [4.69, 9.17) is 11.6 Å². The Kier molecular flexibility index (Phi) is 27.6. The molecule has 0 nitrogen and oxygen atoms in total. The molecule has 0 bridgehead atoms. The van der Waals surface area contributed by atoms with Crippen LogP contribution in [0.1, 0.15) is 167 Å². The summed E-state index contributed by atoms with van der Waals surface area (Å²) in [6.07, 6.45) is 36.3. The van der Waals surface area contributed by atoms with Crippen LogP contribution in [0.2, 0.25) is 0 Å². The summed E-state index contributed by atoms with van der Waals surface area (Å²) in [5.41, 5.74) is 0. The van der Waals surface area contributed by atoms with Crippen molar-refractivity contribution in [1.29, 1.82) is 0 Å². The molecule has 28 heavy (non-hydrogen) atoms. The molecule has 0 aliphatic heterocycles. The van der Waals surface area contributed by atoms with E-state index in [1.54, 1.807) is 0 Å². The fourth-order valence-corrected chi connectivity index (χ4v) is 4.42. The lowest BCUT2D eigenvalue weighted by Crippen LogP contribution is -1.84. The molecule has 0 saturated heterocycles. The zero-order valence-corrected chi connectivity index (χ0v) is 20.5. The molecule has 0 aromatic rings. The molecular weight excluding hydrogens is 360 g/mol. The lowest BCUT2D eigenvalue weighted by Gasteiger charge is -2.04. The van der Waals surface area contributed by atoms with E-state index in [1.165, 1.54) is 161 Å². The van der Waals surface area contributed by atoms with Gasteiger partial charge in [0.25, 0.3) is 0 Å². The van der Waals surface area contributed by atoms with Gasteiger partial charge in [0.2, 0.25) is 0 Å². The van der Waals surface area contributed by atoms with E-state index in [0.29, 0.717) is 0 Å². The van der Waals surface area contributed by atoms with Crippen molar-refractivity contribution in [1.82, 2.24) is 0 Å². The molecule has 170 valence electrons. The molecule has 0 atom stereocenters. The van der Waals surface area contributed by atoms with Crippen LogP contribution in [0.15, 0.2) is 0 Å². The maximum absolute atomic E-state index is 5.70. The normalized spacial score (nSPS) is 11.4. The van der Waals surface area contributed by atoms with Gasteiger partial charge in [0.05, 0.1) is 0 Å². The summed E-state index contributed by atoms with van der Waals surface area (Å²) in [6.45, 7) is 2.30. The Balaban J connectivity index is 2.96. The Labute approximate surface area is 185 Å². The summed E-state index contributed by atoms with van der Waals surface area (Å²) in [7, 11) is 0. The molecule has 0 fully saturated rings. The van der Waals surface area contributed by atoms with E-state index in [0.717, 1.165) is 5.88 Å². The van der Waals surface area contributed by atoms with Crippen molar-refractivity contribution in [3.05, 3.63) is 0 Å². The Morgan fingerprint density at radius 3 is 0.643 bits per heavy atom. The molecule has 0 radical (unpaired) electrons. The first-order chi connectivity index (χ1) is 13.9. The lowest BCUT2D eigenvalue weighted by molar-refractivity contribution is 0.517. The van der Waals surface area contributed by atoms with E-state index in [9.17, 15) is 0 Å². The average molecular weight is 415 g/mol. The zero-order valence-electron chi connectivity index (χ0n) is 19.8. The Morgan fingerprint density at radius 2 is 0.464 bits per heavy atom. The van der Waals surface area contributed by atoms with Crippen LogP contribution in [0, 0.1) is 0 Å². The number of alkyl halides is 1. The number of halogens is 1. The third kappa shape index (κ3) is 26.3. The first-order valence-electron chi connectivity index (χ1n) is 13.5. The fraction of sp³-hybridized carbons (Fsp3) is 1.00. The van der Waals surface area contributed by atoms with Crippen LogP contribution < -0.4 is 0 Å². The van der Waals surface area contributed by atoms with E-state index >= 15 is 0 Å². The Morgan fingerprint density at radius 1 is 0.286 bits per heavy atom. The quantitative estimate of drug-likeness (QED) is 0.103. The topological polar surface area (TPSA) is 0 Å². The van der Waals surface area contributed by atoms with Gasteiger partial charge in [-0.2, -0.15) is 0 Å². The second-order valence-corrected chi connectivity index (χ2v) is 9.55.